The maximum atomic E-state index is 13.0. The van der Waals surface area contributed by atoms with Crippen molar-refractivity contribution in [3.05, 3.63) is 50.1 Å². The van der Waals surface area contributed by atoms with Crippen molar-refractivity contribution in [2.45, 2.75) is 19.1 Å². The number of halogens is 5. The molecule has 0 aliphatic rings. The summed E-state index contributed by atoms with van der Waals surface area (Å²) >= 11 is 13.0. The first-order valence-corrected chi connectivity index (χ1v) is 7.23. The summed E-state index contributed by atoms with van der Waals surface area (Å²) in [5.41, 5.74) is -0.891. The van der Waals surface area contributed by atoms with Crippen molar-refractivity contribution in [3.8, 4) is 0 Å². The lowest BCUT2D eigenvalue weighted by atomic mass is 10.1. The van der Waals surface area contributed by atoms with E-state index in [1.54, 1.807) is 19.1 Å². The predicted molar refractivity (Wildman–Crippen MR) is 77.8 cm³/mol. The van der Waals surface area contributed by atoms with Crippen LogP contribution in [-0.4, -0.2) is 0 Å². The molecule has 1 aromatic carbocycles. The lowest BCUT2D eigenvalue weighted by Gasteiger charge is -2.19. The van der Waals surface area contributed by atoms with Crippen LogP contribution in [0.3, 0.4) is 0 Å². The molecule has 1 unspecified atom stereocenters. The van der Waals surface area contributed by atoms with Gasteiger partial charge in [-0.2, -0.15) is 13.2 Å². The number of para-hydroxylation sites is 1. The van der Waals surface area contributed by atoms with E-state index in [0.717, 1.165) is 10.9 Å². The van der Waals surface area contributed by atoms with Gasteiger partial charge in [0.15, 0.2) is 0 Å². The number of benzene rings is 1. The molecule has 1 aromatic heterocycles. The molecule has 7 heteroatoms. The normalized spacial score (nSPS) is 13.3. The van der Waals surface area contributed by atoms with Gasteiger partial charge < -0.3 is 5.32 Å². The van der Waals surface area contributed by atoms with E-state index >= 15 is 0 Å². The van der Waals surface area contributed by atoms with E-state index in [9.17, 15) is 13.2 Å². The van der Waals surface area contributed by atoms with Gasteiger partial charge in [-0.05, 0) is 31.2 Å². The minimum Gasteiger partial charge on any atom is -0.376 e. The van der Waals surface area contributed by atoms with Crippen LogP contribution in [0, 0.1) is 0 Å². The van der Waals surface area contributed by atoms with Crippen LogP contribution < -0.4 is 5.32 Å². The molecule has 108 valence electrons. The molecule has 0 fully saturated rings. The molecule has 0 saturated carbocycles. The van der Waals surface area contributed by atoms with Crippen LogP contribution in [0.25, 0.3) is 0 Å². The first-order valence-electron chi connectivity index (χ1n) is 5.66. The number of rotatable bonds is 3. The fraction of sp³-hybridized carbons (Fsp3) is 0.231. The van der Waals surface area contributed by atoms with E-state index in [1.165, 1.54) is 23.5 Å². The van der Waals surface area contributed by atoms with Gasteiger partial charge in [-0.1, -0.05) is 29.3 Å². The summed E-state index contributed by atoms with van der Waals surface area (Å²) in [5.74, 6) is 0. The maximum absolute atomic E-state index is 13.0. The Hall–Kier alpha value is -0.910. The molecule has 0 aliphatic heterocycles. The zero-order chi connectivity index (χ0) is 14.9. The minimum atomic E-state index is -4.46. The second-order valence-electron chi connectivity index (χ2n) is 4.17. The van der Waals surface area contributed by atoms with Crippen molar-refractivity contribution < 1.29 is 13.2 Å². The van der Waals surface area contributed by atoms with Crippen LogP contribution in [0.5, 0.6) is 0 Å². The van der Waals surface area contributed by atoms with Crippen LogP contribution in [0.1, 0.15) is 23.4 Å². The third kappa shape index (κ3) is 3.40. The lowest BCUT2D eigenvalue weighted by molar-refractivity contribution is -0.137. The highest BCUT2D eigenvalue weighted by atomic mass is 35.5. The SMILES string of the molecule is CC(Nc1c(Cl)cccc1C(F)(F)F)c1ccc(Cl)s1. The van der Waals surface area contributed by atoms with E-state index < -0.39 is 11.7 Å². The fourth-order valence-corrected chi connectivity index (χ4v) is 3.05. The van der Waals surface area contributed by atoms with Crippen molar-refractivity contribution in [3.63, 3.8) is 0 Å². The molecule has 0 bridgehead atoms. The van der Waals surface area contributed by atoms with Crippen molar-refractivity contribution in [2.24, 2.45) is 0 Å². The summed E-state index contributed by atoms with van der Waals surface area (Å²) in [6.07, 6.45) is -4.46. The largest absolute Gasteiger partial charge is 0.418 e. The average molecular weight is 340 g/mol. The molecule has 2 aromatic rings. The molecule has 1 N–H and O–H groups in total. The number of nitrogens with one attached hydrogen (secondary N) is 1. The van der Waals surface area contributed by atoms with Gasteiger partial charge in [0.2, 0.25) is 0 Å². The summed E-state index contributed by atoms with van der Waals surface area (Å²) < 4.78 is 39.5. The molecule has 1 nitrogen and oxygen atoms in total. The van der Waals surface area contributed by atoms with Crippen LogP contribution in [0.15, 0.2) is 30.3 Å². The number of hydrogen-bond acceptors (Lipinski definition) is 2. The van der Waals surface area contributed by atoms with E-state index in [2.05, 4.69) is 5.32 Å². The van der Waals surface area contributed by atoms with Crippen LogP contribution >= 0.6 is 34.5 Å². The highest BCUT2D eigenvalue weighted by molar-refractivity contribution is 7.16. The zero-order valence-corrected chi connectivity index (χ0v) is 12.6. The Kier molecular flexibility index (Phi) is 4.52. The fourth-order valence-electron chi connectivity index (χ4n) is 1.76. The van der Waals surface area contributed by atoms with Crippen molar-refractivity contribution in [1.82, 2.24) is 0 Å². The second-order valence-corrected chi connectivity index (χ2v) is 6.32. The number of alkyl halides is 3. The van der Waals surface area contributed by atoms with Gasteiger partial charge in [0.1, 0.15) is 0 Å². The van der Waals surface area contributed by atoms with E-state index in [4.69, 9.17) is 23.2 Å². The number of hydrogen-bond donors (Lipinski definition) is 1. The molecule has 0 radical (unpaired) electrons. The summed E-state index contributed by atoms with van der Waals surface area (Å²) in [6.45, 7) is 1.76. The Bertz CT molecular complexity index is 610. The Morgan fingerprint density at radius 1 is 1.15 bits per heavy atom. The van der Waals surface area contributed by atoms with Gasteiger partial charge in [-0.15, -0.1) is 11.3 Å². The molecule has 1 heterocycles. The zero-order valence-electron chi connectivity index (χ0n) is 10.3. The van der Waals surface area contributed by atoms with E-state index in [1.807, 2.05) is 0 Å². The van der Waals surface area contributed by atoms with Gasteiger partial charge in [-0.25, -0.2) is 0 Å². The molecule has 0 spiro atoms. The average Bonchev–Trinajstić information content (AvgIpc) is 2.77. The maximum Gasteiger partial charge on any atom is 0.418 e. The summed E-state index contributed by atoms with van der Waals surface area (Å²) in [5, 5.41) is 2.85. The Morgan fingerprint density at radius 3 is 2.40 bits per heavy atom. The van der Waals surface area contributed by atoms with Crippen LogP contribution in [0.4, 0.5) is 18.9 Å². The van der Waals surface area contributed by atoms with Crippen molar-refractivity contribution in [2.75, 3.05) is 5.32 Å². The monoisotopic (exact) mass is 339 g/mol. The molecule has 0 saturated heterocycles. The Labute approximate surface area is 128 Å². The van der Waals surface area contributed by atoms with Crippen LogP contribution in [-0.2, 0) is 6.18 Å². The summed E-state index contributed by atoms with van der Waals surface area (Å²) in [6, 6.07) is 6.86. The Morgan fingerprint density at radius 2 is 1.85 bits per heavy atom. The van der Waals surface area contributed by atoms with E-state index in [-0.39, 0.29) is 16.8 Å². The van der Waals surface area contributed by atoms with Gasteiger partial charge in [0.05, 0.1) is 26.7 Å². The molecule has 0 aliphatic carbocycles. The molecule has 2 rings (SSSR count). The third-order valence-electron chi connectivity index (χ3n) is 2.70. The first kappa shape index (κ1) is 15.5. The summed E-state index contributed by atoms with van der Waals surface area (Å²) in [4.78, 5) is 0.836. The standard InChI is InChI=1S/C13H10Cl2F3NS/c1-7(10-5-6-11(15)20-10)19-12-8(13(16,17)18)3-2-4-9(12)14/h2-7,19H,1H3. The highest BCUT2D eigenvalue weighted by Gasteiger charge is 2.34. The lowest BCUT2D eigenvalue weighted by Crippen LogP contribution is -2.13. The minimum absolute atomic E-state index is 0.0364. The van der Waals surface area contributed by atoms with E-state index in [0.29, 0.717) is 4.34 Å². The smallest absolute Gasteiger partial charge is 0.376 e. The van der Waals surface area contributed by atoms with Crippen molar-refractivity contribution in [1.29, 1.82) is 0 Å². The van der Waals surface area contributed by atoms with Gasteiger partial charge >= 0.3 is 6.18 Å². The molecule has 0 amide bonds. The van der Waals surface area contributed by atoms with Crippen LogP contribution in [0.2, 0.25) is 9.36 Å². The molecular formula is C13H10Cl2F3NS. The molecule has 20 heavy (non-hydrogen) atoms. The third-order valence-corrected chi connectivity index (χ3v) is 4.43. The van der Waals surface area contributed by atoms with Gasteiger partial charge in [-0.3, -0.25) is 0 Å². The Balaban J connectivity index is 2.33. The first-order chi connectivity index (χ1) is 9.29. The quantitative estimate of drug-likeness (QED) is 0.697. The van der Waals surface area contributed by atoms with Gasteiger partial charge in [0.25, 0.3) is 0 Å². The number of anilines is 1. The second kappa shape index (κ2) is 5.84. The molecular weight excluding hydrogens is 330 g/mol. The van der Waals surface area contributed by atoms with Gasteiger partial charge in [0, 0.05) is 4.88 Å². The topological polar surface area (TPSA) is 12.0 Å². The summed E-state index contributed by atoms with van der Waals surface area (Å²) in [7, 11) is 0. The molecule has 1 atom stereocenters. The predicted octanol–water partition coefficient (Wildman–Crippen LogP) is 6.25. The number of thiophene rings is 1. The highest BCUT2D eigenvalue weighted by Crippen LogP contribution is 2.40. The van der Waals surface area contributed by atoms with Crippen molar-refractivity contribution >= 4 is 40.2 Å².